The molecule has 0 spiro atoms. The number of aromatic amines is 1. The number of nitrogen functional groups attached to an aromatic ring is 1. The molecular weight excluding hydrogens is 236 g/mol. The van der Waals surface area contributed by atoms with E-state index in [1.54, 1.807) is 0 Å². The van der Waals surface area contributed by atoms with E-state index in [2.05, 4.69) is 10.3 Å². The Bertz CT molecular complexity index is 506. The van der Waals surface area contributed by atoms with Gasteiger partial charge in [0, 0.05) is 13.1 Å². The minimum absolute atomic E-state index is 0.105. The summed E-state index contributed by atoms with van der Waals surface area (Å²) in [6, 6.07) is 0. The summed E-state index contributed by atoms with van der Waals surface area (Å²) < 4.78 is 1.31. The zero-order chi connectivity index (χ0) is 13.7. The van der Waals surface area contributed by atoms with Crippen LogP contribution in [0.15, 0.2) is 9.59 Å². The maximum absolute atomic E-state index is 11.6. The zero-order valence-electron chi connectivity index (χ0n) is 10.7. The molecule has 0 aliphatic carbocycles. The fourth-order valence-corrected chi connectivity index (χ4v) is 1.57. The second-order valence-electron chi connectivity index (χ2n) is 4.11. The summed E-state index contributed by atoms with van der Waals surface area (Å²) in [5.41, 5.74) is 4.86. The van der Waals surface area contributed by atoms with Crippen molar-refractivity contribution in [2.75, 3.05) is 17.6 Å². The Morgan fingerprint density at radius 1 is 1.44 bits per heavy atom. The van der Waals surface area contributed by atoms with Crippen LogP contribution in [-0.2, 0) is 6.54 Å². The average molecular weight is 256 g/mol. The fourth-order valence-electron chi connectivity index (χ4n) is 1.57. The molecule has 1 aromatic heterocycles. The van der Waals surface area contributed by atoms with Crippen molar-refractivity contribution in [1.82, 2.24) is 9.55 Å². The quantitative estimate of drug-likeness (QED) is 0.558. The van der Waals surface area contributed by atoms with Gasteiger partial charge >= 0.3 is 5.69 Å². The lowest BCUT2D eigenvalue weighted by Crippen LogP contribution is -2.35. The monoisotopic (exact) mass is 256 g/mol. The summed E-state index contributed by atoms with van der Waals surface area (Å²) in [6.07, 6.45) is 0.738. The summed E-state index contributed by atoms with van der Waals surface area (Å²) in [6.45, 7) is 4.39. The van der Waals surface area contributed by atoms with E-state index in [1.807, 2.05) is 13.8 Å². The molecule has 0 amide bonds. The van der Waals surface area contributed by atoms with Crippen LogP contribution in [0.5, 0.6) is 0 Å². The molecule has 1 rings (SSSR count). The maximum atomic E-state index is 11.6. The number of aromatic nitrogens is 2. The van der Waals surface area contributed by atoms with E-state index in [-0.39, 0.29) is 18.1 Å². The highest BCUT2D eigenvalue weighted by atomic mass is 16.3. The smallest absolute Gasteiger partial charge is 0.330 e. The normalized spacial score (nSPS) is 12.4. The number of nitrogens with one attached hydrogen (secondary N) is 2. The number of anilines is 2. The average Bonchev–Trinajstić information content (AvgIpc) is 2.33. The van der Waals surface area contributed by atoms with Gasteiger partial charge < -0.3 is 16.2 Å². The summed E-state index contributed by atoms with van der Waals surface area (Å²) in [7, 11) is 0. The summed E-state index contributed by atoms with van der Waals surface area (Å²) in [5, 5.41) is 12.2. The predicted octanol–water partition coefficient (Wildman–Crippen LogP) is -0.288. The molecule has 0 aliphatic rings. The third kappa shape index (κ3) is 3.13. The van der Waals surface area contributed by atoms with Gasteiger partial charge in [-0.15, -0.1) is 0 Å². The highest BCUT2D eigenvalue weighted by Crippen LogP contribution is 2.10. The molecule has 0 saturated heterocycles. The molecule has 7 heteroatoms. The SMILES string of the molecule is CCCn1c(N)c(NCC(O)CC)c(=O)[nH]c1=O. The van der Waals surface area contributed by atoms with Crippen LogP contribution >= 0.6 is 0 Å². The van der Waals surface area contributed by atoms with E-state index in [9.17, 15) is 14.7 Å². The Hall–Kier alpha value is -1.76. The molecule has 0 aromatic carbocycles. The van der Waals surface area contributed by atoms with E-state index < -0.39 is 17.4 Å². The van der Waals surface area contributed by atoms with E-state index in [0.29, 0.717) is 13.0 Å². The number of nitrogens with zero attached hydrogens (tertiary/aromatic N) is 1. The third-order valence-electron chi connectivity index (χ3n) is 2.67. The van der Waals surface area contributed by atoms with Crippen molar-refractivity contribution in [3.8, 4) is 0 Å². The zero-order valence-corrected chi connectivity index (χ0v) is 10.7. The van der Waals surface area contributed by atoms with Gasteiger partial charge in [0.1, 0.15) is 11.5 Å². The molecule has 0 bridgehead atoms. The molecule has 1 atom stereocenters. The molecule has 102 valence electrons. The summed E-state index contributed by atoms with van der Waals surface area (Å²) in [5.74, 6) is 0.105. The second kappa shape index (κ2) is 6.25. The topological polar surface area (TPSA) is 113 Å². The van der Waals surface area contributed by atoms with Crippen LogP contribution in [0, 0.1) is 0 Å². The van der Waals surface area contributed by atoms with E-state index >= 15 is 0 Å². The van der Waals surface area contributed by atoms with E-state index in [0.717, 1.165) is 6.42 Å². The molecule has 0 radical (unpaired) electrons. The molecule has 1 unspecified atom stereocenters. The van der Waals surface area contributed by atoms with Crippen LogP contribution in [-0.4, -0.2) is 27.3 Å². The fraction of sp³-hybridized carbons (Fsp3) is 0.636. The number of nitrogens with two attached hydrogens (primary N) is 1. The Labute approximate surface area is 105 Å². The van der Waals surface area contributed by atoms with Crippen molar-refractivity contribution in [2.45, 2.75) is 39.3 Å². The number of hydrogen-bond acceptors (Lipinski definition) is 5. The first-order chi connectivity index (χ1) is 8.51. The first-order valence-electron chi connectivity index (χ1n) is 6.05. The molecule has 0 saturated carbocycles. The third-order valence-corrected chi connectivity index (χ3v) is 2.67. The largest absolute Gasteiger partial charge is 0.391 e. The Morgan fingerprint density at radius 2 is 2.11 bits per heavy atom. The Balaban J connectivity index is 3.07. The van der Waals surface area contributed by atoms with Crippen LogP contribution in [0.3, 0.4) is 0 Å². The minimum Gasteiger partial charge on any atom is -0.391 e. The van der Waals surface area contributed by atoms with E-state index in [1.165, 1.54) is 4.57 Å². The standard InChI is InChI=1S/C11H20N4O3/c1-3-5-15-9(12)8(10(17)14-11(15)18)13-6-7(16)4-2/h7,13,16H,3-6,12H2,1-2H3,(H,14,17,18). The number of aliphatic hydroxyl groups excluding tert-OH is 1. The lowest BCUT2D eigenvalue weighted by Gasteiger charge is -2.14. The molecule has 5 N–H and O–H groups in total. The van der Waals surface area contributed by atoms with Crippen molar-refractivity contribution < 1.29 is 5.11 Å². The van der Waals surface area contributed by atoms with Gasteiger partial charge in [-0.1, -0.05) is 13.8 Å². The van der Waals surface area contributed by atoms with Gasteiger partial charge in [-0.05, 0) is 12.8 Å². The van der Waals surface area contributed by atoms with E-state index in [4.69, 9.17) is 5.73 Å². The molecule has 1 heterocycles. The van der Waals surface area contributed by atoms with Crippen LogP contribution in [0.1, 0.15) is 26.7 Å². The van der Waals surface area contributed by atoms with Crippen LogP contribution in [0.4, 0.5) is 11.5 Å². The van der Waals surface area contributed by atoms with Crippen molar-refractivity contribution >= 4 is 11.5 Å². The van der Waals surface area contributed by atoms with Crippen LogP contribution in [0.25, 0.3) is 0 Å². The minimum atomic E-state index is -0.562. The number of H-pyrrole nitrogens is 1. The Morgan fingerprint density at radius 3 is 2.67 bits per heavy atom. The maximum Gasteiger partial charge on any atom is 0.330 e. The lowest BCUT2D eigenvalue weighted by atomic mass is 10.3. The molecule has 7 nitrogen and oxygen atoms in total. The van der Waals surface area contributed by atoms with Gasteiger partial charge in [0.05, 0.1) is 6.10 Å². The molecule has 18 heavy (non-hydrogen) atoms. The van der Waals surface area contributed by atoms with Gasteiger partial charge in [0.2, 0.25) is 0 Å². The molecular formula is C11H20N4O3. The lowest BCUT2D eigenvalue weighted by molar-refractivity contribution is 0.183. The summed E-state index contributed by atoms with van der Waals surface area (Å²) >= 11 is 0. The van der Waals surface area contributed by atoms with Gasteiger partial charge in [0.15, 0.2) is 0 Å². The van der Waals surface area contributed by atoms with Crippen molar-refractivity contribution in [3.05, 3.63) is 20.8 Å². The first-order valence-corrected chi connectivity index (χ1v) is 6.05. The number of aliphatic hydroxyl groups is 1. The van der Waals surface area contributed by atoms with Crippen molar-refractivity contribution in [1.29, 1.82) is 0 Å². The van der Waals surface area contributed by atoms with Crippen molar-refractivity contribution in [3.63, 3.8) is 0 Å². The first kappa shape index (κ1) is 14.3. The molecule has 0 aliphatic heterocycles. The van der Waals surface area contributed by atoms with Gasteiger partial charge in [-0.25, -0.2) is 4.79 Å². The van der Waals surface area contributed by atoms with Gasteiger partial charge in [0.25, 0.3) is 5.56 Å². The highest BCUT2D eigenvalue weighted by molar-refractivity contribution is 5.60. The Kier molecular flexibility index (Phi) is 4.96. The summed E-state index contributed by atoms with van der Waals surface area (Å²) in [4.78, 5) is 25.4. The second-order valence-corrected chi connectivity index (χ2v) is 4.11. The van der Waals surface area contributed by atoms with Gasteiger partial charge in [-0.3, -0.25) is 14.3 Å². The van der Waals surface area contributed by atoms with Gasteiger partial charge in [-0.2, -0.15) is 0 Å². The number of rotatable bonds is 6. The molecule has 0 fully saturated rings. The highest BCUT2D eigenvalue weighted by Gasteiger charge is 2.12. The number of hydrogen-bond donors (Lipinski definition) is 4. The van der Waals surface area contributed by atoms with Crippen LogP contribution in [0.2, 0.25) is 0 Å². The predicted molar refractivity (Wildman–Crippen MR) is 70.8 cm³/mol. The molecule has 1 aromatic rings. The van der Waals surface area contributed by atoms with Crippen molar-refractivity contribution in [2.24, 2.45) is 0 Å². The van der Waals surface area contributed by atoms with Crippen LogP contribution < -0.4 is 22.3 Å².